The Hall–Kier alpha value is -1.55. The summed E-state index contributed by atoms with van der Waals surface area (Å²) in [6.45, 7) is 0. The van der Waals surface area contributed by atoms with Crippen LogP contribution < -0.4 is 11.5 Å². The predicted molar refractivity (Wildman–Crippen MR) is 52.7 cm³/mol. The standard InChI is InChI=1S/C10H12N2O2/c11-7-1-2-8-6(5-7)3-4-10(8,12)9(13)14/h1-2,5H,3-4,11-12H2,(H,13,14)/t10-/m0/s1. The number of aryl methyl sites for hydroxylation is 1. The summed E-state index contributed by atoms with van der Waals surface area (Å²) in [5.74, 6) is -0.971. The van der Waals surface area contributed by atoms with Crippen molar-refractivity contribution >= 4 is 11.7 Å². The second-order valence-corrected chi connectivity index (χ2v) is 3.69. The van der Waals surface area contributed by atoms with Crippen LogP contribution in [0.25, 0.3) is 0 Å². The minimum Gasteiger partial charge on any atom is -0.480 e. The first-order chi connectivity index (χ1) is 6.54. The first-order valence-corrected chi connectivity index (χ1v) is 4.45. The molecule has 4 nitrogen and oxygen atoms in total. The lowest BCUT2D eigenvalue weighted by molar-refractivity contribution is -0.143. The molecule has 0 fully saturated rings. The molecule has 4 heteroatoms. The molecule has 0 aromatic heterocycles. The van der Waals surface area contributed by atoms with Crippen molar-refractivity contribution in [2.24, 2.45) is 5.73 Å². The molecule has 1 aliphatic rings. The molecule has 1 aliphatic carbocycles. The Morgan fingerprint density at radius 1 is 1.50 bits per heavy atom. The molecule has 0 saturated carbocycles. The Labute approximate surface area is 81.5 Å². The van der Waals surface area contributed by atoms with Crippen LogP contribution in [-0.2, 0) is 16.8 Å². The molecule has 1 atom stereocenters. The van der Waals surface area contributed by atoms with Crippen LogP contribution in [0.15, 0.2) is 18.2 Å². The van der Waals surface area contributed by atoms with Gasteiger partial charge in [-0.15, -0.1) is 0 Å². The Morgan fingerprint density at radius 3 is 2.86 bits per heavy atom. The lowest BCUT2D eigenvalue weighted by Gasteiger charge is -2.19. The zero-order chi connectivity index (χ0) is 10.3. The zero-order valence-electron chi connectivity index (χ0n) is 7.66. The maximum Gasteiger partial charge on any atom is 0.328 e. The summed E-state index contributed by atoms with van der Waals surface area (Å²) in [4.78, 5) is 11.0. The van der Waals surface area contributed by atoms with Crippen molar-refractivity contribution in [3.8, 4) is 0 Å². The van der Waals surface area contributed by atoms with Crippen LogP contribution in [0.2, 0.25) is 0 Å². The number of anilines is 1. The topological polar surface area (TPSA) is 89.3 Å². The summed E-state index contributed by atoms with van der Waals surface area (Å²) in [7, 11) is 0. The van der Waals surface area contributed by atoms with E-state index in [0.29, 0.717) is 24.1 Å². The van der Waals surface area contributed by atoms with Gasteiger partial charge >= 0.3 is 5.97 Å². The summed E-state index contributed by atoms with van der Waals surface area (Å²) in [5.41, 5.74) is 12.5. The fourth-order valence-electron chi connectivity index (χ4n) is 1.94. The van der Waals surface area contributed by atoms with Crippen LogP contribution in [0.1, 0.15) is 17.5 Å². The zero-order valence-corrected chi connectivity index (χ0v) is 7.66. The van der Waals surface area contributed by atoms with Gasteiger partial charge in [-0.1, -0.05) is 6.07 Å². The van der Waals surface area contributed by atoms with Crippen LogP contribution in [0, 0.1) is 0 Å². The van der Waals surface area contributed by atoms with Crippen molar-refractivity contribution in [2.75, 3.05) is 5.73 Å². The molecule has 0 saturated heterocycles. The lowest BCUT2D eigenvalue weighted by Crippen LogP contribution is -2.42. The number of nitrogen functional groups attached to an aromatic ring is 1. The van der Waals surface area contributed by atoms with Gasteiger partial charge in [-0.2, -0.15) is 0 Å². The van der Waals surface area contributed by atoms with E-state index in [9.17, 15) is 4.79 Å². The van der Waals surface area contributed by atoms with Crippen LogP contribution >= 0.6 is 0 Å². The van der Waals surface area contributed by atoms with Gasteiger partial charge in [0.25, 0.3) is 0 Å². The van der Waals surface area contributed by atoms with Crippen LogP contribution in [0.3, 0.4) is 0 Å². The Balaban J connectivity index is 2.55. The van der Waals surface area contributed by atoms with E-state index in [1.165, 1.54) is 0 Å². The minimum atomic E-state index is -1.22. The number of rotatable bonds is 1. The van der Waals surface area contributed by atoms with E-state index in [1.54, 1.807) is 18.2 Å². The quantitative estimate of drug-likeness (QED) is 0.564. The molecular formula is C10H12N2O2. The van der Waals surface area contributed by atoms with Crippen molar-refractivity contribution < 1.29 is 9.90 Å². The van der Waals surface area contributed by atoms with Gasteiger partial charge in [0.1, 0.15) is 5.54 Å². The average molecular weight is 192 g/mol. The van der Waals surface area contributed by atoms with Gasteiger partial charge in [-0.25, -0.2) is 4.79 Å². The fourth-order valence-corrected chi connectivity index (χ4v) is 1.94. The third-order valence-corrected chi connectivity index (χ3v) is 2.78. The minimum absolute atomic E-state index is 0.446. The molecule has 0 amide bonds. The van der Waals surface area contributed by atoms with Gasteiger partial charge in [-0.3, -0.25) is 0 Å². The highest BCUT2D eigenvalue weighted by Crippen LogP contribution is 2.35. The number of carboxylic acid groups (broad SMARTS) is 1. The van der Waals surface area contributed by atoms with Crippen LogP contribution in [0.4, 0.5) is 5.69 Å². The smallest absolute Gasteiger partial charge is 0.328 e. The number of carboxylic acids is 1. The highest BCUT2D eigenvalue weighted by Gasteiger charge is 2.41. The Bertz CT molecular complexity index is 403. The number of carbonyl (C=O) groups is 1. The van der Waals surface area contributed by atoms with Crippen molar-refractivity contribution in [1.29, 1.82) is 0 Å². The SMILES string of the molecule is Nc1ccc2c(c1)CC[C@@]2(N)C(=O)O. The van der Waals surface area contributed by atoms with Crippen molar-refractivity contribution in [3.05, 3.63) is 29.3 Å². The monoisotopic (exact) mass is 192 g/mol. The molecular weight excluding hydrogens is 180 g/mol. The third kappa shape index (κ3) is 1.08. The van der Waals surface area contributed by atoms with Crippen LogP contribution in [-0.4, -0.2) is 11.1 Å². The van der Waals surface area contributed by atoms with Crippen molar-refractivity contribution in [1.82, 2.24) is 0 Å². The van der Waals surface area contributed by atoms with Gasteiger partial charge in [0, 0.05) is 5.69 Å². The van der Waals surface area contributed by atoms with Gasteiger partial charge < -0.3 is 16.6 Å². The van der Waals surface area contributed by atoms with Crippen LogP contribution in [0.5, 0.6) is 0 Å². The maximum absolute atomic E-state index is 11.0. The molecule has 0 radical (unpaired) electrons. The molecule has 1 aromatic rings. The van der Waals surface area contributed by atoms with Crippen molar-refractivity contribution in [3.63, 3.8) is 0 Å². The molecule has 0 bridgehead atoms. The number of nitrogens with two attached hydrogens (primary N) is 2. The van der Waals surface area contributed by atoms with E-state index in [4.69, 9.17) is 16.6 Å². The Morgan fingerprint density at radius 2 is 2.21 bits per heavy atom. The normalized spacial score (nSPS) is 24.6. The largest absolute Gasteiger partial charge is 0.480 e. The second-order valence-electron chi connectivity index (χ2n) is 3.69. The third-order valence-electron chi connectivity index (χ3n) is 2.78. The molecule has 1 aromatic carbocycles. The second kappa shape index (κ2) is 2.72. The molecule has 2 rings (SSSR count). The number of fused-ring (bicyclic) bond motifs is 1. The maximum atomic E-state index is 11.0. The van der Waals surface area contributed by atoms with Crippen molar-refractivity contribution in [2.45, 2.75) is 18.4 Å². The fraction of sp³-hybridized carbons (Fsp3) is 0.300. The Kier molecular flexibility index (Phi) is 1.75. The molecule has 0 unspecified atom stereocenters. The average Bonchev–Trinajstić information content (AvgIpc) is 2.45. The lowest BCUT2D eigenvalue weighted by atomic mass is 9.93. The molecule has 0 spiro atoms. The summed E-state index contributed by atoms with van der Waals surface area (Å²) in [6.07, 6.45) is 1.13. The van der Waals surface area contributed by atoms with E-state index >= 15 is 0 Å². The van der Waals surface area contributed by atoms with E-state index in [2.05, 4.69) is 0 Å². The van der Waals surface area contributed by atoms with Gasteiger partial charge in [-0.05, 0) is 36.1 Å². The molecule has 5 N–H and O–H groups in total. The summed E-state index contributed by atoms with van der Waals surface area (Å²) < 4.78 is 0. The van der Waals surface area contributed by atoms with Gasteiger partial charge in [0.2, 0.25) is 0 Å². The summed E-state index contributed by atoms with van der Waals surface area (Å²) in [5, 5.41) is 9.03. The summed E-state index contributed by atoms with van der Waals surface area (Å²) >= 11 is 0. The van der Waals surface area contributed by atoms with E-state index < -0.39 is 11.5 Å². The molecule has 74 valence electrons. The van der Waals surface area contributed by atoms with E-state index in [-0.39, 0.29) is 0 Å². The number of hydrogen-bond donors (Lipinski definition) is 3. The molecule has 0 aliphatic heterocycles. The number of benzene rings is 1. The van der Waals surface area contributed by atoms with E-state index in [0.717, 1.165) is 5.56 Å². The van der Waals surface area contributed by atoms with Gasteiger partial charge in [0.05, 0.1) is 0 Å². The number of aliphatic carboxylic acids is 1. The van der Waals surface area contributed by atoms with Gasteiger partial charge in [0.15, 0.2) is 0 Å². The highest BCUT2D eigenvalue weighted by atomic mass is 16.4. The highest BCUT2D eigenvalue weighted by molar-refractivity contribution is 5.82. The molecule has 0 heterocycles. The summed E-state index contributed by atoms with van der Waals surface area (Å²) in [6, 6.07) is 5.20. The first kappa shape index (κ1) is 9.02. The van der Waals surface area contributed by atoms with E-state index in [1.807, 2.05) is 0 Å². The predicted octanol–water partition coefficient (Wildman–Crippen LogP) is 0.454. The first-order valence-electron chi connectivity index (χ1n) is 4.45. The number of hydrogen-bond acceptors (Lipinski definition) is 3. The molecule has 14 heavy (non-hydrogen) atoms.